The SMILES string of the molecule is CCCc1ccc(C2(O)CCCC(C)CC2)cc1. The molecule has 1 aliphatic carbocycles. The molecule has 0 amide bonds. The number of hydrogen-bond acceptors (Lipinski definition) is 1. The molecule has 2 unspecified atom stereocenters. The van der Waals surface area contributed by atoms with E-state index in [9.17, 15) is 5.11 Å². The lowest BCUT2D eigenvalue weighted by Gasteiger charge is -2.27. The molecule has 0 aliphatic heterocycles. The number of aliphatic hydroxyl groups is 1. The van der Waals surface area contributed by atoms with Crippen molar-refractivity contribution in [2.45, 2.75) is 64.4 Å². The summed E-state index contributed by atoms with van der Waals surface area (Å²) >= 11 is 0. The summed E-state index contributed by atoms with van der Waals surface area (Å²) < 4.78 is 0. The Balaban J connectivity index is 2.13. The first-order valence-corrected chi connectivity index (χ1v) is 7.46. The van der Waals surface area contributed by atoms with Gasteiger partial charge in [-0.1, -0.05) is 51.0 Å². The van der Waals surface area contributed by atoms with E-state index in [0.29, 0.717) is 0 Å². The van der Waals surface area contributed by atoms with E-state index < -0.39 is 5.60 Å². The van der Waals surface area contributed by atoms with E-state index in [1.807, 2.05) is 0 Å². The van der Waals surface area contributed by atoms with E-state index in [2.05, 4.69) is 38.1 Å². The van der Waals surface area contributed by atoms with Crippen molar-refractivity contribution in [1.29, 1.82) is 0 Å². The Morgan fingerprint density at radius 3 is 2.56 bits per heavy atom. The van der Waals surface area contributed by atoms with Crippen LogP contribution in [0.5, 0.6) is 0 Å². The molecule has 0 heterocycles. The van der Waals surface area contributed by atoms with Crippen LogP contribution >= 0.6 is 0 Å². The van der Waals surface area contributed by atoms with Crippen molar-refractivity contribution < 1.29 is 5.11 Å². The third-order valence-electron chi connectivity index (χ3n) is 4.37. The number of benzene rings is 1. The van der Waals surface area contributed by atoms with Crippen LogP contribution in [-0.2, 0) is 12.0 Å². The second-order valence-corrected chi connectivity index (χ2v) is 6.01. The summed E-state index contributed by atoms with van der Waals surface area (Å²) in [5.41, 5.74) is 1.93. The molecule has 2 rings (SSSR count). The monoisotopic (exact) mass is 246 g/mol. The molecule has 0 radical (unpaired) electrons. The van der Waals surface area contributed by atoms with Gasteiger partial charge in [-0.05, 0) is 49.1 Å². The fourth-order valence-corrected chi connectivity index (χ4v) is 3.06. The third kappa shape index (κ3) is 3.14. The molecule has 1 fully saturated rings. The average Bonchev–Trinajstić information content (AvgIpc) is 2.54. The predicted molar refractivity (Wildman–Crippen MR) is 76.6 cm³/mol. The third-order valence-corrected chi connectivity index (χ3v) is 4.37. The normalized spacial score (nSPS) is 28.9. The molecule has 0 aromatic heterocycles. The summed E-state index contributed by atoms with van der Waals surface area (Å²) in [6.07, 6.45) is 7.71. The highest BCUT2D eigenvalue weighted by molar-refractivity contribution is 5.27. The summed E-state index contributed by atoms with van der Waals surface area (Å²) in [4.78, 5) is 0. The summed E-state index contributed by atoms with van der Waals surface area (Å²) in [5, 5.41) is 10.9. The first-order chi connectivity index (χ1) is 8.64. The lowest BCUT2D eigenvalue weighted by molar-refractivity contribution is 0.0198. The zero-order valence-electron chi connectivity index (χ0n) is 11.8. The quantitative estimate of drug-likeness (QED) is 0.782. The topological polar surface area (TPSA) is 20.2 Å². The second-order valence-electron chi connectivity index (χ2n) is 6.01. The molecule has 0 saturated heterocycles. The van der Waals surface area contributed by atoms with Crippen LogP contribution in [-0.4, -0.2) is 5.11 Å². The maximum atomic E-state index is 10.9. The van der Waals surface area contributed by atoms with Crippen LogP contribution in [0.1, 0.15) is 63.5 Å². The van der Waals surface area contributed by atoms with Crippen LogP contribution in [0.2, 0.25) is 0 Å². The zero-order valence-corrected chi connectivity index (χ0v) is 11.8. The number of hydrogen-bond donors (Lipinski definition) is 1. The highest BCUT2D eigenvalue weighted by Crippen LogP contribution is 2.37. The molecule has 0 bridgehead atoms. The van der Waals surface area contributed by atoms with Crippen LogP contribution in [0.4, 0.5) is 0 Å². The van der Waals surface area contributed by atoms with E-state index in [1.165, 1.54) is 18.4 Å². The Kier molecular flexibility index (Phi) is 4.45. The van der Waals surface area contributed by atoms with Crippen molar-refractivity contribution in [3.05, 3.63) is 35.4 Å². The largest absolute Gasteiger partial charge is 0.385 e. The average molecular weight is 246 g/mol. The van der Waals surface area contributed by atoms with Gasteiger partial charge in [0.25, 0.3) is 0 Å². The fourth-order valence-electron chi connectivity index (χ4n) is 3.06. The molecule has 1 N–H and O–H groups in total. The van der Waals surface area contributed by atoms with Crippen molar-refractivity contribution in [2.75, 3.05) is 0 Å². The Morgan fingerprint density at radius 1 is 1.17 bits per heavy atom. The highest BCUT2D eigenvalue weighted by atomic mass is 16.3. The van der Waals surface area contributed by atoms with Crippen LogP contribution < -0.4 is 0 Å². The van der Waals surface area contributed by atoms with Gasteiger partial charge >= 0.3 is 0 Å². The van der Waals surface area contributed by atoms with Gasteiger partial charge in [0.15, 0.2) is 0 Å². The van der Waals surface area contributed by atoms with E-state index in [0.717, 1.165) is 43.6 Å². The minimum Gasteiger partial charge on any atom is -0.385 e. The molecule has 100 valence electrons. The van der Waals surface area contributed by atoms with Crippen molar-refractivity contribution in [3.8, 4) is 0 Å². The van der Waals surface area contributed by atoms with E-state index >= 15 is 0 Å². The van der Waals surface area contributed by atoms with Gasteiger partial charge < -0.3 is 5.11 Å². The molecular weight excluding hydrogens is 220 g/mol. The van der Waals surface area contributed by atoms with Crippen LogP contribution in [0.15, 0.2) is 24.3 Å². The Labute approximate surface area is 111 Å². The Morgan fingerprint density at radius 2 is 1.89 bits per heavy atom. The van der Waals surface area contributed by atoms with Gasteiger partial charge in [0.1, 0.15) is 0 Å². The lowest BCUT2D eigenvalue weighted by Crippen LogP contribution is -2.24. The summed E-state index contributed by atoms with van der Waals surface area (Å²) in [6.45, 7) is 4.50. The van der Waals surface area contributed by atoms with E-state index in [-0.39, 0.29) is 0 Å². The minimum absolute atomic E-state index is 0.574. The predicted octanol–water partition coefficient (Wildman–Crippen LogP) is 4.43. The molecule has 1 heteroatoms. The number of rotatable bonds is 3. The van der Waals surface area contributed by atoms with Gasteiger partial charge in [0.05, 0.1) is 5.60 Å². The van der Waals surface area contributed by atoms with Crippen LogP contribution in [0.3, 0.4) is 0 Å². The summed E-state index contributed by atoms with van der Waals surface area (Å²) in [7, 11) is 0. The molecule has 1 aromatic rings. The summed E-state index contributed by atoms with van der Waals surface area (Å²) in [6, 6.07) is 8.65. The Hall–Kier alpha value is -0.820. The first-order valence-electron chi connectivity index (χ1n) is 7.46. The molecule has 18 heavy (non-hydrogen) atoms. The molecule has 0 spiro atoms. The van der Waals surface area contributed by atoms with Crippen molar-refractivity contribution >= 4 is 0 Å². The second kappa shape index (κ2) is 5.88. The highest BCUT2D eigenvalue weighted by Gasteiger charge is 2.31. The number of aryl methyl sites for hydroxylation is 1. The zero-order chi connectivity index (χ0) is 13.0. The molecule has 1 nitrogen and oxygen atoms in total. The fraction of sp³-hybridized carbons (Fsp3) is 0.647. The molecule has 1 aliphatic rings. The lowest BCUT2D eigenvalue weighted by atomic mass is 9.85. The minimum atomic E-state index is -0.574. The maximum Gasteiger partial charge on any atom is 0.0896 e. The van der Waals surface area contributed by atoms with Crippen molar-refractivity contribution in [2.24, 2.45) is 5.92 Å². The molecule has 1 saturated carbocycles. The van der Waals surface area contributed by atoms with E-state index in [1.54, 1.807) is 0 Å². The smallest absolute Gasteiger partial charge is 0.0896 e. The van der Waals surface area contributed by atoms with E-state index in [4.69, 9.17) is 0 Å². The summed E-state index contributed by atoms with van der Waals surface area (Å²) in [5.74, 6) is 0.762. The van der Waals surface area contributed by atoms with Gasteiger partial charge in [-0.3, -0.25) is 0 Å². The first kappa shape index (κ1) is 13.6. The van der Waals surface area contributed by atoms with Crippen LogP contribution in [0, 0.1) is 5.92 Å². The molecular formula is C17H26O. The van der Waals surface area contributed by atoms with Gasteiger partial charge in [-0.15, -0.1) is 0 Å². The maximum absolute atomic E-state index is 10.9. The Bertz CT molecular complexity index is 368. The van der Waals surface area contributed by atoms with Crippen molar-refractivity contribution in [3.63, 3.8) is 0 Å². The van der Waals surface area contributed by atoms with Gasteiger partial charge in [-0.25, -0.2) is 0 Å². The molecule has 1 aromatic carbocycles. The standard InChI is InChI=1S/C17H26O/c1-3-5-15-7-9-16(10-8-15)17(18)12-4-6-14(2)11-13-17/h7-10,14,18H,3-6,11-13H2,1-2H3. The van der Waals surface area contributed by atoms with Gasteiger partial charge in [-0.2, -0.15) is 0 Å². The van der Waals surface area contributed by atoms with Gasteiger partial charge in [0, 0.05) is 0 Å². The van der Waals surface area contributed by atoms with Crippen molar-refractivity contribution in [1.82, 2.24) is 0 Å². The van der Waals surface area contributed by atoms with Gasteiger partial charge in [0.2, 0.25) is 0 Å². The van der Waals surface area contributed by atoms with Crippen LogP contribution in [0.25, 0.3) is 0 Å². The molecule has 2 atom stereocenters.